The summed E-state index contributed by atoms with van der Waals surface area (Å²) >= 11 is 0. The normalized spacial score (nSPS) is 16.4. The predicted octanol–water partition coefficient (Wildman–Crippen LogP) is 4.03. The fraction of sp³-hybridized carbons (Fsp3) is 0.778. The lowest BCUT2D eigenvalue weighted by Crippen LogP contribution is -2.56. The summed E-state index contributed by atoms with van der Waals surface area (Å²) in [5.74, 6) is 2.38. The van der Waals surface area contributed by atoms with E-state index >= 15 is 0 Å². The molecule has 1 fully saturated rings. The lowest BCUT2D eigenvalue weighted by atomic mass is 9.80. The highest BCUT2D eigenvalue weighted by atomic mass is 16.3. The molecule has 3 nitrogen and oxygen atoms in total. The Balaban J connectivity index is 2.24. The lowest BCUT2D eigenvalue weighted by molar-refractivity contribution is 0.0325. The molecule has 0 spiro atoms. The van der Waals surface area contributed by atoms with Crippen LogP contribution in [0.1, 0.15) is 59.1 Å². The van der Waals surface area contributed by atoms with Gasteiger partial charge in [-0.3, -0.25) is 4.90 Å². The lowest BCUT2D eigenvalue weighted by Gasteiger charge is -2.46. The zero-order valence-corrected chi connectivity index (χ0v) is 14.1. The average Bonchev–Trinajstić information content (AvgIpc) is 3.10. The number of furan rings is 1. The molecule has 2 rings (SSSR count). The Kier molecular flexibility index (Phi) is 5.50. The van der Waals surface area contributed by atoms with E-state index in [-0.39, 0.29) is 5.54 Å². The number of hydrogen-bond acceptors (Lipinski definition) is 3. The second-order valence-electron chi connectivity index (χ2n) is 7.56. The van der Waals surface area contributed by atoms with Crippen molar-refractivity contribution < 1.29 is 4.42 Å². The summed E-state index contributed by atoms with van der Waals surface area (Å²) in [6.45, 7) is 10.9. The van der Waals surface area contributed by atoms with Crippen molar-refractivity contribution in [3.8, 4) is 0 Å². The SMILES string of the molecule is CC(C)CC(CN)(CC(C)C)N(Cc1ccco1)C1CC1. The molecule has 0 bridgehead atoms. The Morgan fingerprint density at radius 3 is 2.24 bits per heavy atom. The molecule has 21 heavy (non-hydrogen) atoms. The molecule has 2 N–H and O–H groups in total. The quantitative estimate of drug-likeness (QED) is 0.747. The summed E-state index contributed by atoms with van der Waals surface area (Å²) in [5.41, 5.74) is 6.43. The van der Waals surface area contributed by atoms with Gasteiger partial charge in [0.05, 0.1) is 12.8 Å². The Hall–Kier alpha value is -0.800. The highest BCUT2D eigenvalue weighted by Crippen LogP contribution is 2.40. The molecular weight excluding hydrogens is 260 g/mol. The van der Waals surface area contributed by atoms with Crippen LogP contribution in [0.4, 0.5) is 0 Å². The number of nitrogens with zero attached hydrogens (tertiary/aromatic N) is 1. The van der Waals surface area contributed by atoms with Crippen LogP contribution in [0.2, 0.25) is 0 Å². The van der Waals surface area contributed by atoms with Crippen LogP contribution in [0.25, 0.3) is 0 Å². The maximum Gasteiger partial charge on any atom is 0.117 e. The van der Waals surface area contributed by atoms with Crippen molar-refractivity contribution in [2.75, 3.05) is 6.54 Å². The second-order valence-corrected chi connectivity index (χ2v) is 7.56. The van der Waals surface area contributed by atoms with Gasteiger partial charge >= 0.3 is 0 Å². The average molecular weight is 292 g/mol. The predicted molar refractivity (Wildman–Crippen MR) is 88.0 cm³/mol. The third kappa shape index (κ3) is 4.33. The van der Waals surface area contributed by atoms with Gasteiger partial charge in [0.1, 0.15) is 5.76 Å². The molecule has 0 radical (unpaired) electrons. The number of rotatable bonds is 9. The molecule has 1 aromatic rings. The van der Waals surface area contributed by atoms with Gasteiger partial charge in [0, 0.05) is 18.1 Å². The van der Waals surface area contributed by atoms with Crippen LogP contribution < -0.4 is 5.73 Å². The summed E-state index contributed by atoms with van der Waals surface area (Å²) < 4.78 is 5.61. The van der Waals surface area contributed by atoms with Gasteiger partial charge in [0.2, 0.25) is 0 Å². The van der Waals surface area contributed by atoms with E-state index < -0.39 is 0 Å². The zero-order valence-electron chi connectivity index (χ0n) is 14.1. The fourth-order valence-corrected chi connectivity index (χ4v) is 3.76. The van der Waals surface area contributed by atoms with Gasteiger partial charge in [-0.1, -0.05) is 27.7 Å². The molecule has 1 aliphatic rings. The third-order valence-corrected chi connectivity index (χ3v) is 4.46. The van der Waals surface area contributed by atoms with E-state index in [9.17, 15) is 0 Å². The van der Waals surface area contributed by atoms with Crippen molar-refractivity contribution in [2.24, 2.45) is 17.6 Å². The number of nitrogens with two attached hydrogens (primary N) is 1. The molecule has 1 aliphatic carbocycles. The Bertz CT molecular complexity index is 397. The molecule has 0 amide bonds. The first-order chi connectivity index (χ1) is 9.97. The molecule has 1 heterocycles. The van der Waals surface area contributed by atoms with Crippen LogP contribution >= 0.6 is 0 Å². The van der Waals surface area contributed by atoms with E-state index in [1.807, 2.05) is 6.07 Å². The molecule has 0 aromatic carbocycles. The molecular formula is C18H32N2O. The van der Waals surface area contributed by atoms with Gasteiger partial charge < -0.3 is 10.2 Å². The van der Waals surface area contributed by atoms with Gasteiger partial charge in [-0.15, -0.1) is 0 Å². The van der Waals surface area contributed by atoms with Gasteiger partial charge in [-0.05, 0) is 49.7 Å². The van der Waals surface area contributed by atoms with Crippen LogP contribution in [-0.4, -0.2) is 23.0 Å². The summed E-state index contributed by atoms with van der Waals surface area (Å²) in [5, 5.41) is 0. The summed E-state index contributed by atoms with van der Waals surface area (Å²) in [7, 11) is 0. The minimum absolute atomic E-state index is 0.107. The summed E-state index contributed by atoms with van der Waals surface area (Å²) in [6, 6.07) is 4.76. The molecule has 120 valence electrons. The van der Waals surface area contributed by atoms with Crippen LogP contribution in [0.15, 0.2) is 22.8 Å². The van der Waals surface area contributed by atoms with Crippen molar-refractivity contribution in [3.63, 3.8) is 0 Å². The minimum Gasteiger partial charge on any atom is -0.468 e. The van der Waals surface area contributed by atoms with Crippen molar-refractivity contribution in [1.82, 2.24) is 4.90 Å². The number of hydrogen-bond donors (Lipinski definition) is 1. The first-order valence-electron chi connectivity index (χ1n) is 8.46. The zero-order chi connectivity index (χ0) is 15.5. The third-order valence-electron chi connectivity index (χ3n) is 4.46. The molecule has 0 unspecified atom stereocenters. The standard InChI is InChI=1S/C18H32N2O/c1-14(2)10-18(13-19,11-15(3)4)20(16-7-8-16)12-17-6-5-9-21-17/h5-6,9,14-16H,7-8,10-13,19H2,1-4H3. The monoisotopic (exact) mass is 292 g/mol. The van der Waals surface area contributed by atoms with Crippen LogP contribution in [0.3, 0.4) is 0 Å². The van der Waals surface area contributed by atoms with Gasteiger partial charge in [-0.25, -0.2) is 0 Å². The first-order valence-corrected chi connectivity index (χ1v) is 8.46. The molecule has 1 aromatic heterocycles. The molecule has 0 saturated heterocycles. The molecule has 1 saturated carbocycles. The Labute approximate surface area is 129 Å². The van der Waals surface area contributed by atoms with Gasteiger partial charge in [-0.2, -0.15) is 0 Å². The van der Waals surface area contributed by atoms with Crippen LogP contribution in [0.5, 0.6) is 0 Å². The minimum atomic E-state index is 0.107. The van der Waals surface area contributed by atoms with E-state index in [1.54, 1.807) is 6.26 Å². The molecule has 3 heteroatoms. The topological polar surface area (TPSA) is 42.4 Å². The Morgan fingerprint density at radius 2 is 1.86 bits per heavy atom. The Morgan fingerprint density at radius 1 is 1.24 bits per heavy atom. The highest BCUT2D eigenvalue weighted by molar-refractivity contribution is 5.05. The summed E-state index contributed by atoms with van der Waals surface area (Å²) in [4.78, 5) is 2.66. The maximum absolute atomic E-state index is 6.33. The smallest absolute Gasteiger partial charge is 0.117 e. The van der Waals surface area contributed by atoms with Crippen molar-refractivity contribution >= 4 is 0 Å². The summed E-state index contributed by atoms with van der Waals surface area (Å²) in [6.07, 6.45) is 6.71. The van der Waals surface area contributed by atoms with Crippen LogP contribution in [0, 0.1) is 11.8 Å². The van der Waals surface area contributed by atoms with E-state index in [4.69, 9.17) is 10.2 Å². The molecule has 0 aliphatic heterocycles. The first kappa shape index (κ1) is 16.6. The maximum atomic E-state index is 6.33. The van der Waals surface area contributed by atoms with Crippen molar-refractivity contribution in [2.45, 2.75) is 71.5 Å². The van der Waals surface area contributed by atoms with Crippen molar-refractivity contribution in [1.29, 1.82) is 0 Å². The van der Waals surface area contributed by atoms with Gasteiger partial charge in [0.15, 0.2) is 0 Å². The highest BCUT2D eigenvalue weighted by Gasteiger charge is 2.44. The van der Waals surface area contributed by atoms with E-state index in [2.05, 4.69) is 38.7 Å². The van der Waals surface area contributed by atoms with Crippen LogP contribution in [-0.2, 0) is 6.54 Å². The van der Waals surface area contributed by atoms with Gasteiger partial charge in [0.25, 0.3) is 0 Å². The van der Waals surface area contributed by atoms with E-state index in [0.29, 0.717) is 17.9 Å². The largest absolute Gasteiger partial charge is 0.468 e. The molecule has 0 atom stereocenters. The second kappa shape index (κ2) is 6.97. The van der Waals surface area contributed by atoms with E-state index in [1.165, 1.54) is 25.7 Å². The fourth-order valence-electron chi connectivity index (χ4n) is 3.76. The van der Waals surface area contributed by atoms with Crippen molar-refractivity contribution in [3.05, 3.63) is 24.2 Å². The van der Waals surface area contributed by atoms with E-state index in [0.717, 1.165) is 18.8 Å².